The molecule has 1 atom stereocenters. The molecule has 0 bridgehead atoms. The van der Waals surface area contributed by atoms with Gasteiger partial charge in [-0.3, -0.25) is 4.90 Å². The summed E-state index contributed by atoms with van der Waals surface area (Å²) in [7, 11) is 0. The van der Waals surface area contributed by atoms with Crippen molar-refractivity contribution in [2.24, 2.45) is 0 Å². The Morgan fingerprint density at radius 1 is 1.07 bits per heavy atom. The molecule has 5 heteroatoms. The highest BCUT2D eigenvalue weighted by molar-refractivity contribution is 6.30. The van der Waals surface area contributed by atoms with Crippen LogP contribution in [0.4, 0.5) is 5.69 Å². The van der Waals surface area contributed by atoms with Crippen molar-refractivity contribution in [3.63, 3.8) is 0 Å². The van der Waals surface area contributed by atoms with Crippen LogP contribution < -0.4 is 9.64 Å². The Balaban J connectivity index is 1.43. The summed E-state index contributed by atoms with van der Waals surface area (Å²) in [5.74, 6) is 0.813. The van der Waals surface area contributed by atoms with Gasteiger partial charge in [0.05, 0.1) is 0 Å². The van der Waals surface area contributed by atoms with Crippen LogP contribution in [0.15, 0.2) is 42.5 Å². The highest BCUT2D eigenvalue weighted by Crippen LogP contribution is 2.25. The lowest BCUT2D eigenvalue weighted by Gasteiger charge is -2.37. The molecule has 1 heterocycles. The minimum absolute atomic E-state index is 0.319. The Labute approximate surface area is 167 Å². The average molecular weight is 389 g/mol. The third kappa shape index (κ3) is 5.61. The molecule has 0 aliphatic carbocycles. The molecule has 27 heavy (non-hydrogen) atoms. The topological polar surface area (TPSA) is 35.9 Å². The van der Waals surface area contributed by atoms with Crippen LogP contribution in [0.1, 0.15) is 18.1 Å². The molecular formula is C22H29ClN2O2. The van der Waals surface area contributed by atoms with Crippen molar-refractivity contribution in [2.75, 3.05) is 44.2 Å². The van der Waals surface area contributed by atoms with Crippen molar-refractivity contribution in [3.05, 3.63) is 58.6 Å². The van der Waals surface area contributed by atoms with Crippen LogP contribution in [0.2, 0.25) is 5.02 Å². The Morgan fingerprint density at radius 3 is 2.44 bits per heavy atom. The third-order valence-corrected chi connectivity index (χ3v) is 5.36. The highest BCUT2D eigenvalue weighted by atomic mass is 35.5. The van der Waals surface area contributed by atoms with Gasteiger partial charge in [0.15, 0.2) is 0 Å². The molecule has 0 spiro atoms. The van der Waals surface area contributed by atoms with E-state index in [1.54, 1.807) is 0 Å². The number of aliphatic hydroxyl groups excluding tert-OH is 1. The summed E-state index contributed by atoms with van der Waals surface area (Å²) in [6.07, 6.45) is 0.527. The fourth-order valence-electron chi connectivity index (χ4n) is 3.46. The largest absolute Gasteiger partial charge is 0.491 e. The van der Waals surface area contributed by atoms with E-state index in [-0.39, 0.29) is 0 Å². The quantitative estimate of drug-likeness (QED) is 0.783. The van der Waals surface area contributed by atoms with Crippen LogP contribution in [0, 0.1) is 6.92 Å². The molecule has 0 aromatic heterocycles. The van der Waals surface area contributed by atoms with E-state index in [9.17, 15) is 5.11 Å². The Hall–Kier alpha value is -1.75. The first kappa shape index (κ1) is 20.0. The van der Waals surface area contributed by atoms with Crippen molar-refractivity contribution in [2.45, 2.75) is 26.4 Å². The second-order valence-electron chi connectivity index (χ2n) is 7.18. The number of piperazine rings is 1. The summed E-state index contributed by atoms with van der Waals surface area (Å²) in [5, 5.41) is 11.1. The van der Waals surface area contributed by atoms with E-state index in [0.29, 0.717) is 13.2 Å². The molecular weight excluding hydrogens is 360 g/mol. The van der Waals surface area contributed by atoms with Gasteiger partial charge in [0, 0.05) is 43.4 Å². The number of anilines is 1. The second-order valence-corrected chi connectivity index (χ2v) is 7.62. The molecule has 146 valence electrons. The number of β-amino-alcohol motifs (C(OH)–C–C–N with tert-alkyl or cyclic N) is 1. The summed E-state index contributed by atoms with van der Waals surface area (Å²) in [4.78, 5) is 4.67. The van der Waals surface area contributed by atoms with E-state index < -0.39 is 6.10 Å². The molecule has 0 amide bonds. The van der Waals surface area contributed by atoms with E-state index in [1.165, 1.54) is 16.8 Å². The number of aliphatic hydroxyl groups is 1. The summed E-state index contributed by atoms with van der Waals surface area (Å²) in [5.41, 5.74) is 3.74. The van der Waals surface area contributed by atoms with Crippen molar-refractivity contribution in [3.8, 4) is 5.75 Å². The molecule has 1 fully saturated rings. The maximum atomic E-state index is 10.3. The van der Waals surface area contributed by atoms with Crippen LogP contribution >= 0.6 is 11.6 Å². The fourth-order valence-corrected chi connectivity index (χ4v) is 3.63. The lowest BCUT2D eigenvalue weighted by molar-refractivity contribution is 0.0663. The van der Waals surface area contributed by atoms with E-state index in [2.05, 4.69) is 41.8 Å². The van der Waals surface area contributed by atoms with Crippen LogP contribution in [-0.2, 0) is 6.42 Å². The summed E-state index contributed by atoms with van der Waals surface area (Å²) >= 11 is 6.15. The maximum absolute atomic E-state index is 10.3. The van der Waals surface area contributed by atoms with Crippen molar-refractivity contribution in [1.29, 1.82) is 0 Å². The molecule has 1 N–H and O–H groups in total. The van der Waals surface area contributed by atoms with Gasteiger partial charge >= 0.3 is 0 Å². The van der Waals surface area contributed by atoms with Gasteiger partial charge in [0.1, 0.15) is 18.5 Å². The van der Waals surface area contributed by atoms with Crippen molar-refractivity contribution >= 4 is 17.3 Å². The summed E-state index contributed by atoms with van der Waals surface area (Å²) in [6.45, 7) is 8.93. The number of halogens is 1. The number of hydrogen-bond donors (Lipinski definition) is 1. The minimum atomic E-state index is -0.490. The van der Waals surface area contributed by atoms with Gasteiger partial charge in [-0.1, -0.05) is 36.7 Å². The number of nitrogens with zero attached hydrogens (tertiary/aromatic N) is 2. The van der Waals surface area contributed by atoms with Crippen LogP contribution in [0.3, 0.4) is 0 Å². The predicted octanol–water partition coefficient (Wildman–Crippen LogP) is 3.77. The van der Waals surface area contributed by atoms with Gasteiger partial charge in [-0.15, -0.1) is 0 Å². The highest BCUT2D eigenvalue weighted by Gasteiger charge is 2.20. The molecule has 1 saturated heterocycles. The molecule has 2 aromatic carbocycles. The summed E-state index contributed by atoms with van der Waals surface area (Å²) in [6, 6.07) is 14.1. The van der Waals surface area contributed by atoms with E-state index >= 15 is 0 Å². The van der Waals surface area contributed by atoms with E-state index in [1.807, 2.05) is 24.3 Å². The first-order valence-electron chi connectivity index (χ1n) is 9.68. The second kappa shape index (κ2) is 9.45. The average Bonchev–Trinajstić information content (AvgIpc) is 2.69. The zero-order valence-electron chi connectivity index (χ0n) is 16.2. The zero-order valence-corrected chi connectivity index (χ0v) is 17.0. The minimum Gasteiger partial charge on any atom is -0.491 e. The number of hydrogen-bond acceptors (Lipinski definition) is 4. The van der Waals surface area contributed by atoms with Crippen LogP contribution in [0.5, 0.6) is 5.75 Å². The number of aryl methyl sites for hydroxylation is 2. The van der Waals surface area contributed by atoms with Crippen LogP contribution in [-0.4, -0.2) is 55.4 Å². The van der Waals surface area contributed by atoms with Gasteiger partial charge in [-0.25, -0.2) is 0 Å². The van der Waals surface area contributed by atoms with Gasteiger partial charge in [0.25, 0.3) is 0 Å². The lowest BCUT2D eigenvalue weighted by atomic mass is 10.1. The van der Waals surface area contributed by atoms with Gasteiger partial charge in [-0.2, -0.15) is 0 Å². The van der Waals surface area contributed by atoms with Crippen molar-refractivity contribution < 1.29 is 9.84 Å². The molecule has 1 aliphatic heterocycles. The number of benzene rings is 2. The molecule has 0 radical (unpaired) electrons. The SMILES string of the molecule is CCc1ccc(OC[C@@H](O)CN2CCN(c3cc(Cl)ccc3C)CC2)cc1. The molecule has 1 aliphatic rings. The Kier molecular flexibility index (Phi) is 7.00. The zero-order chi connectivity index (χ0) is 19.2. The maximum Gasteiger partial charge on any atom is 0.119 e. The van der Waals surface area contributed by atoms with Gasteiger partial charge < -0.3 is 14.7 Å². The first-order chi connectivity index (χ1) is 13.0. The monoisotopic (exact) mass is 388 g/mol. The summed E-state index contributed by atoms with van der Waals surface area (Å²) < 4.78 is 5.73. The standard InChI is InChI=1S/C22H29ClN2O2/c1-3-18-5-8-21(9-6-18)27-16-20(26)15-24-10-12-25(13-11-24)22-14-19(23)7-4-17(22)2/h4-9,14,20,26H,3,10-13,15-16H2,1-2H3/t20-/m0/s1. The number of rotatable bonds is 7. The Bertz CT molecular complexity index is 728. The van der Waals surface area contributed by atoms with Gasteiger partial charge in [-0.05, 0) is 48.7 Å². The molecule has 2 aromatic rings. The van der Waals surface area contributed by atoms with Gasteiger partial charge in [0.2, 0.25) is 0 Å². The first-order valence-corrected chi connectivity index (χ1v) is 10.1. The molecule has 0 saturated carbocycles. The van der Waals surface area contributed by atoms with Crippen LogP contribution in [0.25, 0.3) is 0 Å². The van der Waals surface area contributed by atoms with Crippen molar-refractivity contribution in [1.82, 2.24) is 4.90 Å². The smallest absolute Gasteiger partial charge is 0.119 e. The fraction of sp³-hybridized carbons (Fsp3) is 0.455. The molecule has 4 nitrogen and oxygen atoms in total. The molecule has 0 unspecified atom stereocenters. The third-order valence-electron chi connectivity index (χ3n) is 5.13. The Morgan fingerprint density at radius 2 is 1.78 bits per heavy atom. The number of ether oxygens (including phenoxy) is 1. The van der Waals surface area contributed by atoms with E-state index in [4.69, 9.17) is 16.3 Å². The molecule has 3 rings (SSSR count). The lowest BCUT2D eigenvalue weighted by Crippen LogP contribution is -2.49. The predicted molar refractivity (Wildman–Crippen MR) is 112 cm³/mol. The van der Waals surface area contributed by atoms with E-state index in [0.717, 1.165) is 43.4 Å². The normalized spacial score (nSPS) is 16.4.